The molecule has 0 radical (unpaired) electrons. The zero-order valence-electron chi connectivity index (χ0n) is 15.9. The maximum atomic E-state index is 12.7. The minimum atomic E-state index is -0.0571. The maximum absolute atomic E-state index is 12.7. The van der Waals surface area contributed by atoms with Crippen LogP contribution in [-0.4, -0.2) is 17.9 Å². The van der Waals surface area contributed by atoms with Crippen molar-refractivity contribution in [2.45, 2.75) is 44.7 Å². The summed E-state index contributed by atoms with van der Waals surface area (Å²) >= 11 is 1.43. The van der Waals surface area contributed by atoms with Crippen molar-refractivity contribution in [3.63, 3.8) is 0 Å². The third-order valence-electron chi connectivity index (χ3n) is 7.16. The van der Waals surface area contributed by atoms with Crippen LogP contribution in [-0.2, 0) is 6.54 Å². The van der Waals surface area contributed by atoms with Crippen LogP contribution in [0.5, 0.6) is 0 Å². The van der Waals surface area contributed by atoms with Crippen LogP contribution in [0, 0.1) is 23.7 Å². The topological polar surface area (TPSA) is 58.2 Å². The highest BCUT2D eigenvalue weighted by Crippen LogP contribution is 2.58. The lowest BCUT2D eigenvalue weighted by Gasteiger charge is -2.32. The third-order valence-corrected chi connectivity index (χ3v) is 8.03. The Bertz CT molecular complexity index is 861. The Kier molecular flexibility index (Phi) is 4.71. The van der Waals surface area contributed by atoms with Crippen molar-refractivity contribution in [1.29, 1.82) is 0 Å². The van der Waals surface area contributed by atoms with Crippen LogP contribution in [0.3, 0.4) is 0 Å². The average Bonchev–Trinajstić information content (AvgIpc) is 3.49. The van der Waals surface area contributed by atoms with E-state index in [0.717, 1.165) is 23.3 Å². The molecular weight excluding hydrogens is 368 g/mol. The van der Waals surface area contributed by atoms with Crippen LogP contribution in [0.25, 0.3) is 0 Å². The molecule has 0 unspecified atom stereocenters. The molecular formula is C23H26N2O2S. The van der Waals surface area contributed by atoms with E-state index in [1.165, 1.54) is 43.4 Å². The molecule has 2 bridgehead atoms. The molecule has 0 saturated heterocycles. The number of hydrogen-bond donors (Lipinski definition) is 2. The Balaban J connectivity index is 1.16. The molecule has 2 N–H and O–H groups in total. The van der Waals surface area contributed by atoms with Gasteiger partial charge in [-0.3, -0.25) is 9.59 Å². The number of thiophene rings is 1. The monoisotopic (exact) mass is 394 g/mol. The van der Waals surface area contributed by atoms with Crippen molar-refractivity contribution in [3.05, 3.63) is 57.8 Å². The van der Waals surface area contributed by atoms with E-state index < -0.39 is 0 Å². The van der Waals surface area contributed by atoms with Crippen LogP contribution in [0.2, 0.25) is 0 Å². The number of nitrogens with one attached hydrogen (secondary N) is 2. The fraction of sp³-hybridized carbons (Fsp3) is 0.478. The quantitative estimate of drug-likeness (QED) is 0.797. The van der Waals surface area contributed by atoms with Crippen LogP contribution >= 0.6 is 11.3 Å². The fourth-order valence-electron chi connectivity index (χ4n) is 5.94. The molecule has 2 amide bonds. The van der Waals surface area contributed by atoms with E-state index in [2.05, 4.69) is 10.6 Å². The van der Waals surface area contributed by atoms with Gasteiger partial charge in [-0.2, -0.15) is 0 Å². The Labute approximate surface area is 169 Å². The van der Waals surface area contributed by atoms with Gasteiger partial charge in [0.05, 0.1) is 4.88 Å². The number of fused-ring (bicyclic) bond motifs is 5. The van der Waals surface area contributed by atoms with E-state index in [1.54, 1.807) is 0 Å². The zero-order chi connectivity index (χ0) is 19.1. The largest absolute Gasteiger partial charge is 0.349 e. The van der Waals surface area contributed by atoms with E-state index in [0.29, 0.717) is 28.9 Å². The lowest BCUT2D eigenvalue weighted by atomic mass is 9.79. The number of hydrogen-bond acceptors (Lipinski definition) is 3. The molecule has 3 fully saturated rings. The van der Waals surface area contributed by atoms with Gasteiger partial charge in [-0.25, -0.2) is 0 Å². The first-order valence-corrected chi connectivity index (χ1v) is 11.3. The molecule has 1 heterocycles. The molecule has 5 atom stereocenters. The summed E-state index contributed by atoms with van der Waals surface area (Å²) in [5, 5.41) is 8.13. The lowest BCUT2D eigenvalue weighted by Crippen LogP contribution is -2.42. The predicted octanol–water partition coefficient (Wildman–Crippen LogP) is 4.23. The van der Waals surface area contributed by atoms with Gasteiger partial charge in [0.1, 0.15) is 0 Å². The minimum absolute atomic E-state index is 0.0428. The standard InChI is InChI=1S/C23H26N2O2S/c26-22(25-20-12-16-11-19(20)18-4-1-3-17(16)18)15-8-6-14(7-9-15)13-24-23(27)21-5-2-10-28-21/h2,5-10,16-20H,1,3-4,11-13H2,(H,24,27)(H,25,26)/t16-,17-,18-,19+,20-/m1/s1. The van der Waals surface area contributed by atoms with Crippen LogP contribution in [0.15, 0.2) is 41.8 Å². The Morgan fingerprint density at radius 1 is 0.964 bits per heavy atom. The molecule has 4 nitrogen and oxygen atoms in total. The molecule has 3 saturated carbocycles. The van der Waals surface area contributed by atoms with E-state index in [4.69, 9.17) is 0 Å². The second kappa shape index (κ2) is 7.36. The first kappa shape index (κ1) is 17.9. The molecule has 3 aliphatic carbocycles. The van der Waals surface area contributed by atoms with Gasteiger partial charge in [0, 0.05) is 18.2 Å². The molecule has 1 aromatic heterocycles. The molecule has 2 aromatic rings. The normalized spacial score (nSPS) is 30.2. The number of amides is 2. The van der Waals surface area contributed by atoms with Crippen LogP contribution in [0.4, 0.5) is 0 Å². The summed E-state index contributed by atoms with van der Waals surface area (Å²) in [4.78, 5) is 25.5. The fourth-order valence-corrected chi connectivity index (χ4v) is 6.58. The van der Waals surface area contributed by atoms with Gasteiger partial charge in [-0.1, -0.05) is 24.6 Å². The molecule has 0 spiro atoms. The first-order valence-electron chi connectivity index (χ1n) is 10.4. The van der Waals surface area contributed by atoms with E-state index in [9.17, 15) is 9.59 Å². The highest BCUT2D eigenvalue weighted by Gasteiger charge is 2.54. The van der Waals surface area contributed by atoms with E-state index in [1.807, 2.05) is 41.8 Å². The predicted molar refractivity (Wildman–Crippen MR) is 110 cm³/mol. The molecule has 28 heavy (non-hydrogen) atoms. The molecule has 3 aliphatic rings. The van der Waals surface area contributed by atoms with Gasteiger partial charge in [-0.15, -0.1) is 11.3 Å². The summed E-state index contributed by atoms with van der Waals surface area (Å²) in [7, 11) is 0. The minimum Gasteiger partial charge on any atom is -0.349 e. The molecule has 1 aromatic carbocycles. The van der Waals surface area contributed by atoms with Gasteiger partial charge < -0.3 is 10.6 Å². The summed E-state index contributed by atoms with van der Waals surface area (Å²) in [6.45, 7) is 0.466. The number of carbonyl (C=O) groups excluding carboxylic acids is 2. The van der Waals surface area contributed by atoms with Gasteiger partial charge in [0.25, 0.3) is 11.8 Å². The summed E-state index contributed by atoms with van der Waals surface area (Å²) in [5.41, 5.74) is 1.70. The first-order chi connectivity index (χ1) is 13.7. The zero-order valence-corrected chi connectivity index (χ0v) is 16.7. The van der Waals surface area contributed by atoms with Gasteiger partial charge in [0.15, 0.2) is 0 Å². The summed E-state index contributed by atoms with van der Waals surface area (Å²) < 4.78 is 0. The molecule has 146 valence electrons. The number of benzene rings is 1. The van der Waals surface area contributed by atoms with Gasteiger partial charge >= 0.3 is 0 Å². The Morgan fingerprint density at radius 3 is 2.57 bits per heavy atom. The van der Waals surface area contributed by atoms with Crippen molar-refractivity contribution in [3.8, 4) is 0 Å². The van der Waals surface area contributed by atoms with Crippen LogP contribution < -0.4 is 10.6 Å². The Hall–Kier alpha value is -2.14. The molecule has 5 heteroatoms. The van der Waals surface area contributed by atoms with E-state index in [-0.39, 0.29) is 11.8 Å². The Morgan fingerprint density at radius 2 is 1.79 bits per heavy atom. The van der Waals surface area contributed by atoms with Crippen molar-refractivity contribution in [2.24, 2.45) is 23.7 Å². The van der Waals surface area contributed by atoms with Crippen molar-refractivity contribution >= 4 is 23.2 Å². The summed E-state index contributed by atoms with van der Waals surface area (Å²) in [6, 6.07) is 11.6. The summed E-state index contributed by atoms with van der Waals surface area (Å²) in [5.74, 6) is 3.34. The van der Waals surface area contributed by atoms with Gasteiger partial charge in [0.2, 0.25) is 0 Å². The van der Waals surface area contributed by atoms with Crippen molar-refractivity contribution < 1.29 is 9.59 Å². The second-order valence-corrected chi connectivity index (χ2v) is 9.54. The van der Waals surface area contributed by atoms with Crippen LogP contribution in [0.1, 0.15) is 57.7 Å². The highest BCUT2D eigenvalue weighted by atomic mass is 32.1. The second-order valence-electron chi connectivity index (χ2n) is 8.59. The van der Waals surface area contributed by atoms with Gasteiger partial charge in [-0.05, 0) is 78.5 Å². The maximum Gasteiger partial charge on any atom is 0.261 e. The number of carbonyl (C=O) groups is 2. The van der Waals surface area contributed by atoms with Crippen molar-refractivity contribution in [2.75, 3.05) is 0 Å². The lowest BCUT2D eigenvalue weighted by molar-refractivity contribution is 0.0899. The number of rotatable bonds is 5. The third kappa shape index (κ3) is 3.26. The molecule has 0 aliphatic heterocycles. The smallest absolute Gasteiger partial charge is 0.261 e. The highest BCUT2D eigenvalue weighted by molar-refractivity contribution is 7.12. The summed E-state index contributed by atoms with van der Waals surface area (Å²) in [6.07, 6.45) is 6.65. The van der Waals surface area contributed by atoms with Crippen molar-refractivity contribution in [1.82, 2.24) is 10.6 Å². The van der Waals surface area contributed by atoms with E-state index >= 15 is 0 Å². The average molecular weight is 395 g/mol. The molecule has 5 rings (SSSR count). The SMILES string of the molecule is O=C(N[C@@H]1C[C@H]2C[C@H]1[C@@H]1CCC[C@H]21)c1ccc(CNC(=O)c2cccs2)cc1.